The van der Waals surface area contributed by atoms with Crippen LogP contribution in [0.3, 0.4) is 0 Å². The van der Waals surface area contributed by atoms with E-state index in [1.807, 2.05) is 30.3 Å². The summed E-state index contributed by atoms with van der Waals surface area (Å²) in [6.45, 7) is 0. The molecule has 0 saturated heterocycles. The van der Waals surface area contributed by atoms with Crippen molar-refractivity contribution in [3.8, 4) is 5.75 Å². The minimum Gasteiger partial charge on any atom is -0.497 e. The number of ether oxygens (including phenoxy) is 1. The maximum Gasteiger partial charge on any atom is 0.318 e. The lowest BCUT2D eigenvalue weighted by atomic mass is 10.2. The van der Waals surface area contributed by atoms with Gasteiger partial charge in [0.1, 0.15) is 5.75 Å². The van der Waals surface area contributed by atoms with E-state index >= 15 is 0 Å². The van der Waals surface area contributed by atoms with Gasteiger partial charge in [-0.3, -0.25) is 0 Å². The number of carbonyl (C=O) groups excluding carboxylic acids is 1. The van der Waals surface area contributed by atoms with E-state index in [-0.39, 0.29) is 6.03 Å². The van der Waals surface area contributed by atoms with Gasteiger partial charge >= 0.3 is 6.03 Å². The number of urea groups is 1. The molecule has 1 aliphatic carbocycles. The molecule has 4 nitrogen and oxygen atoms in total. The molecule has 1 saturated carbocycles. The van der Waals surface area contributed by atoms with Gasteiger partial charge in [-0.2, -0.15) is 0 Å². The fourth-order valence-electron chi connectivity index (χ4n) is 1.41. The maximum absolute atomic E-state index is 11.3. The van der Waals surface area contributed by atoms with Crippen LogP contribution in [-0.2, 0) is 0 Å². The highest BCUT2D eigenvalue weighted by Crippen LogP contribution is 2.18. The van der Waals surface area contributed by atoms with Gasteiger partial charge in [0.15, 0.2) is 0 Å². The molecule has 1 aromatic carbocycles. The number of carbonyl (C=O) groups is 1. The number of hydrogen-bond donors (Lipinski definition) is 2. The van der Waals surface area contributed by atoms with Gasteiger partial charge in [-0.15, -0.1) is 0 Å². The first-order valence-electron chi connectivity index (χ1n) is 5.65. The van der Waals surface area contributed by atoms with E-state index in [1.54, 1.807) is 13.3 Å². The highest BCUT2D eigenvalue weighted by atomic mass is 16.5. The zero-order valence-corrected chi connectivity index (χ0v) is 9.77. The van der Waals surface area contributed by atoms with Gasteiger partial charge in [-0.25, -0.2) is 4.79 Å². The summed E-state index contributed by atoms with van der Waals surface area (Å²) < 4.78 is 5.11. The van der Waals surface area contributed by atoms with Crippen molar-refractivity contribution < 1.29 is 9.53 Å². The van der Waals surface area contributed by atoms with Crippen LogP contribution in [0, 0.1) is 0 Å². The molecule has 17 heavy (non-hydrogen) atoms. The van der Waals surface area contributed by atoms with Crippen molar-refractivity contribution in [2.75, 3.05) is 7.11 Å². The topological polar surface area (TPSA) is 50.4 Å². The molecule has 2 rings (SSSR count). The molecule has 0 aliphatic heterocycles. The lowest BCUT2D eigenvalue weighted by Gasteiger charge is -2.02. The van der Waals surface area contributed by atoms with E-state index < -0.39 is 0 Å². The van der Waals surface area contributed by atoms with Gasteiger partial charge in [-0.05, 0) is 36.6 Å². The minimum absolute atomic E-state index is 0.147. The average Bonchev–Trinajstić information content (AvgIpc) is 3.13. The first-order chi connectivity index (χ1) is 8.28. The van der Waals surface area contributed by atoms with Crippen LogP contribution in [0.25, 0.3) is 6.08 Å². The van der Waals surface area contributed by atoms with Crippen molar-refractivity contribution in [2.24, 2.45) is 0 Å². The molecule has 0 bridgehead atoms. The summed E-state index contributed by atoms with van der Waals surface area (Å²) in [5.74, 6) is 0.801. The molecule has 0 radical (unpaired) electrons. The molecule has 2 N–H and O–H groups in total. The molecule has 0 unspecified atom stereocenters. The predicted molar refractivity (Wildman–Crippen MR) is 66.7 cm³/mol. The number of amides is 2. The van der Waals surface area contributed by atoms with E-state index in [2.05, 4.69) is 10.6 Å². The zero-order valence-electron chi connectivity index (χ0n) is 9.77. The van der Waals surface area contributed by atoms with Crippen LogP contribution >= 0.6 is 0 Å². The number of methoxy groups -OCH3 is 1. The third-order valence-electron chi connectivity index (χ3n) is 2.50. The molecule has 1 aromatic rings. The first-order valence-corrected chi connectivity index (χ1v) is 5.65. The third kappa shape index (κ3) is 3.83. The Bertz CT molecular complexity index is 425. The molecule has 1 fully saturated rings. The second-order valence-electron chi connectivity index (χ2n) is 4.00. The summed E-state index contributed by atoms with van der Waals surface area (Å²) >= 11 is 0. The lowest BCUT2D eigenvalue weighted by Crippen LogP contribution is -2.33. The van der Waals surface area contributed by atoms with Crippen LogP contribution in [0.1, 0.15) is 18.4 Å². The Labute approximate surface area is 101 Å². The monoisotopic (exact) mass is 232 g/mol. The fraction of sp³-hybridized carbons (Fsp3) is 0.308. The van der Waals surface area contributed by atoms with Gasteiger partial charge in [0.05, 0.1) is 7.11 Å². The highest BCUT2D eigenvalue weighted by Gasteiger charge is 2.22. The zero-order chi connectivity index (χ0) is 12.1. The Hall–Kier alpha value is -1.97. The summed E-state index contributed by atoms with van der Waals surface area (Å²) in [4.78, 5) is 11.3. The summed E-state index contributed by atoms with van der Waals surface area (Å²) in [7, 11) is 1.63. The summed E-state index contributed by atoms with van der Waals surface area (Å²) in [6.07, 6.45) is 5.64. The van der Waals surface area contributed by atoms with Gasteiger partial charge in [0.2, 0.25) is 0 Å². The molecule has 0 heterocycles. The maximum atomic E-state index is 11.3. The van der Waals surface area contributed by atoms with Crippen molar-refractivity contribution in [2.45, 2.75) is 18.9 Å². The quantitative estimate of drug-likeness (QED) is 0.835. The van der Waals surface area contributed by atoms with E-state index in [0.29, 0.717) is 6.04 Å². The largest absolute Gasteiger partial charge is 0.497 e. The molecule has 1 aliphatic rings. The molecule has 4 heteroatoms. The first kappa shape index (κ1) is 11.5. The van der Waals surface area contributed by atoms with Crippen LogP contribution < -0.4 is 15.4 Å². The predicted octanol–water partition coefficient (Wildman–Crippen LogP) is 2.13. The van der Waals surface area contributed by atoms with Crippen molar-refractivity contribution in [1.82, 2.24) is 10.6 Å². The molecular formula is C13H16N2O2. The van der Waals surface area contributed by atoms with E-state index in [4.69, 9.17) is 4.74 Å². The Morgan fingerprint density at radius 3 is 3.00 bits per heavy atom. The van der Waals surface area contributed by atoms with Crippen molar-refractivity contribution >= 4 is 12.1 Å². The Morgan fingerprint density at radius 1 is 1.47 bits per heavy atom. The van der Waals surface area contributed by atoms with Crippen LogP contribution in [-0.4, -0.2) is 19.2 Å². The van der Waals surface area contributed by atoms with E-state index in [0.717, 1.165) is 24.2 Å². The normalized spacial score (nSPS) is 14.6. The number of nitrogens with one attached hydrogen (secondary N) is 2. The number of rotatable bonds is 4. The Kier molecular flexibility index (Phi) is 3.65. The van der Waals surface area contributed by atoms with Crippen LogP contribution in [0.2, 0.25) is 0 Å². The Morgan fingerprint density at radius 2 is 2.29 bits per heavy atom. The molecule has 90 valence electrons. The SMILES string of the molecule is COc1cccc(/C=C/NC(=O)NC2CC2)c1. The van der Waals surface area contributed by atoms with Gasteiger partial charge in [-0.1, -0.05) is 12.1 Å². The van der Waals surface area contributed by atoms with Gasteiger partial charge < -0.3 is 15.4 Å². The second-order valence-corrected chi connectivity index (χ2v) is 4.00. The van der Waals surface area contributed by atoms with Crippen LogP contribution in [0.5, 0.6) is 5.75 Å². The van der Waals surface area contributed by atoms with Crippen LogP contribution in [0.15, 0.2) is 30.5 Å². The molecule has 0 spiro atoms. The fourth-order valence-corrected chi connectivity index (χ4v) is 1.41. The minimum atomic E-state index is -0.147. The van der Waals surface area contributed by atoms with E-state index in [1.165, 1.54) is 0 Å². The second kappa shape index (κ2) is 5.39. The molecular weight excluding hydrogens is 216 g/mol. The smallest absolute Gasteiger partial charge is 0.318 e. The van der Waals surface area contributed by atoms with Crippen molar-refractivity contribution in [1.29, 1.82) is 0 Å². The lowest BCUT2D eigenvalue weighted by molar-refractivity contribution is 0.244. The van der Waals surface area contributed by atoms with Crippen molar-refractivity contribution in [3.05, 3.63) is 36.0 Å². The summed E-state index contributed by atoms with van der Waals surface area (Å²) in [5, 5.41) is 5.51. The Balaban J connectivity index is 1.83. The number of hydrogen-bond acceptors (Lipinski definition) is 2. The van der Waals surface area contributed by atoms with Gasteiger partial charge in [0, 0.05) is 12.2 Å². The van der Waals surface area contributed by atoms with E-state index in [9.17, 15) is 4.79 Å². The summed E-state index contributed by atoms with van der Waals surface area (Å²) in [5.41, 5.74) is 0.982. The van der Waals surface area contributed by atoms with Gasteiger partial charge in [0.25, 0.3) is 0 Å². The average molecular weight is 232 g/mol. The molecule has 2 amide bonds. The molecule has 0 aromatic heterocycles. The third-order valence-corrected chi connectivity index (χ3v) is 2.50. The van der Waals surface area contributed by atoms with Crippen LogP contribution in [0.4, 0.5) is 4.79 Å². The molecule has 0 atom stereocenters. The van der Waals surface area contributed by atoms with Crippen molar-refractivity contribution in [3.63, 3.8) is 0 Å². The highest BCUT2D eigenvalue weighted by molar-refractivity contribution is 5.76. The number of benzene rings is 1. The standard InChI is InChI=1S/C13H16N2O2/c1-17-12-4-2-3-10(9-12)7-8-14-13(16)15-11-5-6-11/h2-4,7-9,11H,5-6H2,1H3,(H2,14,15,16)/b8-7+. The summed E-state index contributed by atoms with van der Waals surface area (Å²) in [6, 6.07) is 7.86.